The summed E-state index contributed by atoms with van der Waals surface area (Å²) in [7, 11) is 0. The van der Waals surface area contributed by atoms with Crippen molar-refractivity contribution in [3.05, 3.63) is 5.89 Å². The van der Waals surface area contributed by atoms with E-state index in [0.717, 1.165) is 12.5 Å². The SMILES string of the molecule is NCCc1nnc(NCCC2CCCC2)o1. The summed E-state index contributed by atoms with van der Waals surface area (Å²) < 4.78 is 5.38. The summed E-state index contributed by atoms with van der Waals surface area (Å²) in [5.41, 5.74) is 5.40. The summed E-state index contributed by atoms with van der Waals surface area (Å²) in [6, 6.07) is 0.529. The molecule has 0 amide bonds. The monoisotopic (exact) mass is 224 g/mol. The van der Waals surface area contributed by atoms with Crippen LogP contribution in [0.2, 0.25) is 0 Å². The molecule has 5 heteroatoms. The van der Waals surface area contributed by atoms with Gasteiger partial charge < -0.3 is 15.5 Å². The summed E-state index contributed by atoms with van der Waals surface area (Å²) in [5, 5.41) is 11.0. The maximum absolute atomic E-state index is 5.40. The molecular formula is C11H20N4O. The van der Waals surface area contributed by atoms with Crippen LogP contribution in [0.4, 0.5) is 6.01 Å². The van der Waals surface area contributed by atoms with Crippen molar-refractivity contribution in [3.63, 3.8) is 0 Å². The average molecular weight is 224 g/mol. The zero-order chi connectivity index (χ0) is 11.2. The van der Waals surface area contributed by atoms with E-state index in [4.69, 9.17) is 10.2 Å². The van der Waals surface area contributed by atoms with Gasteiger partial charge in [-0.2, -0.15) is 0 Å². The second-order valence-electron chi connectivity index (χ2n) is 4.41. The van der Waals surface area contributed by atoms with Gasteiger partial charge in [0.2, 0.25) is 5.89 Å². The fourth-order valence-corrected chi connectivity index (χ4v) is 2.23. The third kappa shape index (κ3) is 3.20. The normalized spacial score (nSPS) is 16.8. The molecule has 1 aromatic rings. The van der Waals surface area contributed by atoms with Crippen molar-refractivity contribution in [1.29, 1.82) is 0 Å². The highest BCUT2D eigenvalue weighted by Gasteiger charge is 2.14. The van der Waals surface area contributed by atoms with Gasteiger partial charge in [-0.15, -0.1) is 5.10 Å². The van der Waals surface area contributed by atoms with E-state index in [1.54, 1.807) is 0 Å². The number of anilines is 1. The minimum Gasteiger partial charge on any atom is -0.408 e. The number of hydrogen-bond donors (Lipinski definition) is 2. The summed E-state index contributed by atoms with van der Waals surface area (Å²) in [5.74, 6) is 1.50. The Morgan fingerprint density at radius 3 is 2.88 bits per heavy atom. The molecule has 2 rings (SSSR count). The van der Waals surface area contributed by atoms with E-state index in [-0.39, 0.29) is 0 Å². The lowest BCUT2D eigenvalue weighted by Gasteiger charge is -2.07. The molecule has 3 N–H and O–H groups in total. The first kappa shape index (κ1) is 11.4. The molecule has 0 aromatic carbocycles. The van der Waals surface area contributed by atoms with Gasteiger partial charge in [-0.3, -0.25) is 0 Å². The topological polar surface area (TPSA) is 77.0 Å². The van der Waals surface area contributed by atoms with Crippen LogP contribution in [0.25, 0.3) is 0 Å². The van der Waals surface area contributed by atoms with Crippen LogP contribution < -0.4 is 11.1 Å². The van der Waals surface area contributed by atoms with Gasteiger partial charge >= 0.3 is 6.01 Å². The summed E-state index contributed by atoms with van der Waals surface area (Å²) in [6.45, 7) is 1.47. The summed E-state index contributed by atoms with van der Waals surface area (Å²) >= 11 is 0. The maximum atomic E-state index is 5.40. The van der Waals surface area contributed by atoms with Gasteiger partial charge in [0.05, 0.1) is 0 Å². The highest BCUT2D eigenvalue weighted by atomic mass is 16.4. The largest absolute Gasteiger partial charge is 0.408 e. The fraction of sp³-hybridized carbons (Fsp3) is 0.818. The van der Waals surface area contributed by atoms with Crippen LogP contribution >= 0.6 is 0 Å². The molecule has 0 spiro atoms. The lowest BCUT2D eigenvalue weighted by molar-refractivity contribution is 0.490. The van der Waals surface area contributed by atoms with E-state index in [9.17, 15) is 0 Å². The Morgan fingerprint density at radius 2 is 2.12 bits per heavy atom. The first-order valence-corrected chi connectivity index (χ1v) is 6.15. The van der Waals surface area contributed by atoms with Crippen molar-refractivity contribution in [3.8, 4) is 0 Å². The lowest BCUT2D eigenvalue weighted by Crippen LogP contribution is -2.06. The highest BCUT2D eigenvalue weighted by molar-refractivity contribution is 5.16. The molecule has 16 heavy (non-hydrogen) atoms. The van der Waals surface area contributed by atoms with Crippen molar-refractivity contribution >= 4 is 6.01 Å². The minimum absolute atomic E-state index is 0.529. The zero-order valence-electron chi connectivity index (χ0n) is 9.61. The Balaban J connectivity index is 1.67. The van der Waals surface area contributed by atoms with Crippen LogP contribution in [0, 0.1) is 5.92 Å². The molecule has 0 atom stereocenters. The Kier molecular flexibility index (Phi) is 4.16. The predicted octanol–water partition coefficient (Wildman–Crippen LogP) is 1.56. The van der Waals surface area contributed by atoms with Crippen LogP contribution in [0.3, 0.4) is 0 Å². The molecule has 0 radical (unpaired) electrons. The first-order chi connectivity index (χ1) is 7.88. The molecule has 0 saturated heterocycles. The van der Waals surface area contributed by atoms with Crippen LogP contribution in [-0.2, 0) is 6.42 Å². The van der Waals surface area contributed by atoms with Gasteiger partial charge in [0.15, 0.2) is 0 Å². The third-order valence-corrected chi connectivity index (χ3v) is 3.13. The van der Waals surface area contributed by atoms with Crippen molar-refractivity contribution in [2.75, 3.05) is 18.4 Å². The maximum Gasteiger partial charge on any atom is 0.315 e. The van der Waals surface area contributed by atoms with Crippen molar-refractivity contribution in [2.24, 2.45) is 11.7 Å². The molecular weight excluding hydrogens is 204 g/mol. The molecule has 0 bridgehead atoms. The highest BCUT2D eigenvalue weighted by Crippen LogP contribution is 2.27. The average Bonchev–Trinajstić information content (AvgIpc) is 2.90. The Hall–Kier alpha value is -1.10. The van der Waals surface area contributed by atoms with Crippen LogP contribution in [0.1, 0.15) is 38.0 Å². The number of rotatable bonds is 6. The summed E-state index contributed by atoms with van der Waals surface area (Å²) in [6.07, 6.45) is 7.40. The molecule has 1 aromatic heterocycles. The van der Waals surface area contributed by atoms with Gasteiger partial charge in [0.25, 0.3) is 0 Å². The quantitative estimate of drug-likeness (QED) is 0.766. The molecule has 0 unspecified atom stereocenters. The number of hydrogen-bond acceptors (Lipinski definition) is 5. The standard InChI is InChI=1S/C11H20N4O/c12-7-5-10-14-15-11(16-10)13-8-6-9-3-1-2-4-9/h9H,1-8,12H2,(H,13,15). The Morgan fingerprint density at radius 1 is 1.31 bits per heavy atom. The number of nitrogens with zero attached hydrogens (tertiary/aromatic N) is 2. The molecule has 0 aliphatic heterocycles. The molecule has 1 aliphatic carbocycles. The molecule has 1 aliphatic rings. The third-order valence-electron chi connectivity index (χ3n) is 3.13. The van der Waals surface area contributed by atoms with E-state index in [0.29, 0.717) is 24.9 Å². The molecule has 1 fully saturated rings. The number of nitrogens with two attached hydrogens (primary N) is 1. The second-order valence-corrected chi connectivity index (χ2v) is 4.41. The smallest absolute Gasteiger partial charge is 0.315 e. The molecule has 1 saturated carbocycles. The van der Waals surface area contributed by atoms with Gasteiger partial charge in [-0.1, -0.05) is 30.8 Å². The molecule has 5 nitrogen and oxygen atoms in total. The number of aromatic nitrogens is 2. The Labute approximate surface area is 95.8 Å². The van der Waals surface area contributed by atoms with Gasteiger partial charge in [-0.05, 0) is 12.3 Å². The van der Waals surface area contributed by atoms with E-state index < -0.39 is 0 Å². The molecule has 90 valence electrons. The van der Waals surface area contributed by atoms with Crippen LogP contribution in [0.5, 0.6) is 0 Å². The summed E-state index contributed by atoms with van der Waals surface area (Å²) in [4.78, 5) is 0. The molecule has 1 heterocycles. The fourth-order valence-electron chi connectivity index (χ4n) is 2.23. The number of nitrogens with one attached hydrogen (secondary N) is 1. The zero-order valence-corrected chi connectivity index (χ0v) is 9.61. The van der Waals surface area contributed by atoms with Crippen molar-refractivity contribution < 1.29 is 4.42 Å². The van der Waals surface area contributed by atoms with Crippen LogP contribution in [-0.4, -0.2) is 23.3 Å². The van der Waals surface area contributed by atoms with Crippen molar-refractivity contribution in [1.82, 2.24) is 10.2 Å². The van der Waals surface area contributed by atoms with E-state index >= 15 is 0 Å². The van der Waals surface area contributed by atoms with Gasteiger partial charge in [0, 0.05) is 19.5 Å². The minimum atomic E-state index is 0.529. The predicted molar refractivity (Wildman–Crippen MR) is 62.1 cm³/mol. The Bertz CT molecular complexity index is 307. The van der Waals surface area contributed by atoms with E-state index in [2.05, 4.69) is 15.5 Å². The van der Waals surface area contributed by atoms with E-state index in [1.807, 2.05) is 0 Å². The first-order valence-electron chi connectivity index (χ1n) is 6.15. The van der Waals surface area contributed by atoms with Crippen LogP contribution in [0.15, 0.2) is 4.42 Å². The van der Waals surface area contributed by atoms with Gasteiger partial charge in [-0.25, -0.2) is 0 Å². The lowest BCUT2D eigenvalue weighted by atomic mass is 10.0. The van der Waals surface area contributed by atoms with E-state index in [1.165, 1.54) is 32.1 Å². The second kappa shape index (κ2) is 5.84. The van der Waals surface area contributed by atoms with Gasteiger partial charge in [0.1, 0.15) is 0 Å². The van der Waals surface area contributed by atoms with Crippen molar-refractivity contribution in [2.45, 2.75) is 38.5 Å².